The third-order valence-electron chi connectivity index (χ3n) is 2.84. The normalized spacial score (nSPS) is 19.4. The highest BCUT2D eigenvalue weighted by Crippen LogP contribution is 2.18. The van der Waals surface area contributed by atoms with E-state index in [9.17, 15) is 14.9 Å². The highest BCUT2D eigenvalue weighted by atomic mass is 16.6. The van der Waals surface area contributed by atoms with E-state index >= 15 is 0 Å². The molecule has 0 aliphatic carbocycles. The Morgan fingerprint density at radius 1 is 1.63 bits per heavy atom. The number of likely N-dealkylation sites (N-methyl/N-ethyl adjacent to an activating group) is 1. The number of ether oxygens (including phenoxy) is 1. The number of hydrogen-bond donors (Lipinski definition) is 1. The number of carbonyl (C=O) groups excluding carboxylic acids is 1. The minimum absolute atomic E-state index is 0.0168. The standard InChI is InChI=1S/C11H15N3O5/c1-12-6-8-7-13(4-5-18-8)11(15)9-2-3-10(19-9)14(16)17/h2-3,8,12H,4-7H2,1H3. The predicted molar refractivity (Wildman–Crippen MR) is 64.9 cm³/mol. The van der Waals surface area contributed by atoms with Crippen LogP contribution in [0.4, 0.5) is 5.88 Å². The van der Waals surface area contributed by atoms with Gasteiger partial charge in [0.15, 0.2) is 5.76 Å². The molecule has 1 N–H and O–H groups in total. The Hall–Kier alpha value is -1.93. The van der Waals surface area contributed by atoms with Gasteiger partial charge in [-0.05, 0) is 13.1 Å². The van der Waals surface area contributed by atoms with Gasteiger partial charge >= 0.3 is 5.88 Å². The molecule has 2 rings (SSSR count). The van der Waals surface area contributed by atoms with Crippen LogP contribution in [0.5, 0.6) is 0 Å². The van der Waals surface area contributed by atoms with Crippen LogP contribution in [0.2, 0.25) is 0 Å². The van der Waals surface area contributed by atoms with E-state index in [2.05, 4.69) is 5.32 Å². The lowest BCUT2D eigenvalue weighted by atomic mass is 10.2. The maximum atomic E-state index is 12.1. The third kappa shape index (κ3) is 3.09. The van der Waals surface area contributed by atoms with Crippen LogP contribution in [0.3, 0.4) is 0 Å². The van der Waals surface area contributed by atoms with Gasteiger partial charge in [-0.1, -0.05) is 0 Å². The molecule has 1 unspecified atom stereocenters. The summed E-state index contributed by atoms with van der Waals surface area (Å²) in [6, 6.07) is 2.50. The van der Waals surface area contributed by atoms with Gasteiger partial charge in [0, 0.05) is 19.6 Å². The maximum absolute atomic E-state index is 12.1. The first-order valence-corrected chi connectivity index (χ1v) is 5.91. The average molecular weight is 269 g/mol. The minimum atomic E-state index is -0.667. The summed E-state index contributed by atoms with van der Waals surface area (Å²) >= 11 is 0. The summed E-state index contributed by atoms with van der Waals surface area (Å²) in [5, 5.41) is 13.5. The molecule has 0 saturated carbocycles. The Bertz CT molecular complexity index is 471. The van der Waals surface area contributed by atoms with Crippen LogP contribution in [0.1, 0.15) is 10.6 Å². The van der Waals surface area contributed by atoms with Gasteiger partial charge < -0.3 is 19.4 Å². The third-order valence-corrected chi connectivity index (χ3v) is 2.84. The van der Waals surface area contributed by atoms with Crippen LogP contribution in [-0.2, 0) is 4.74 Å². The molecule has 1 aromatic heterocycles. The molecule has 0 aromatic carbocycles. The number of carbonyl (C=O) groups is 1. The Morgan fingerprint density at radius 2 is 2.42 bits per heavy atom. The number of amides is 1. The Kier molecular flexibility index (Phi) is 4.13. The Morgan fingerprint density at radius 3 is 3.05 bits per heavy atom. The first-order chi connectivity index (χ1) is 9.11. The summed E-state index contributed by atoms with van der Waals surface area (Å²) in [5.74, 6) is -0.794. The van der Waals surface area contributed by atoms with Gasteiger partial charge in [0.25, 0.3) is 5.91 Å². The molecule has 0 radical (unpaired) electrons. The van der Waals surface area contributed by atoms with Crippen LogP contribution in [0.15, 0.2) is 16.5 Å². The summed E-state index contributed by atoms with van der Waals surface area (Å²) < 4.78 is 10.4. The second-order valence-corrected chi connectivity index (χ2v) is 4.20. The van der Waals surface area contributed by atoms with E-state index < -0.39 is 10.8 Å². The largest absolute Gasteiger partial charge is 0.433 e. The molecule has 19 heavy (non-hydrogen) atoms. The smallest absolute Gasteiger partial charge is 0.395 e. The quantitative estimate of drug-likeness (QED) is 0.621. The zero-order valence-corrected chi connectivity index (χ0v) is 10.5. The highest BCUT2D eigenvalue weighted by molar-refractivity contribution is 5.91. The van der Waals surface area contributed by atoms with Crippen molar-refractivity contribution in [3.8, 4) is 0 Å². The van der Waals surface area contributed by atoms with Gasteiger partial charge in [-0.2, -0.15) is 0 Å². The van der Waals surface area contributed by atoms with E-state index in [0.717, 1.165) is 0 Å². The van der Waals surface area contributed by atoms with Crippen molar-refractivity contribution in [3.05, 3.63) is 28.0 Å². The topological polar surface area (TPSA) is 97.9 Å². The molecule has 104 valence electrons. The van der Waals surface area contributed by atoms with E-state index in [1.165, 1.54) is 12.1 Å². The van der Waals surface area contributed by atoms with Crippen LogP contribution < -0.4 is 5.32 Å². The lowest BCUT2D eigenvalue weighted by Crippen LogP contribution is -2.48. The fourth-order valence-corrected chi connectivity index (χ4v) is 1.95. The number of morpholine rings is 1. The molecule has 1 aromatic rings. The van der Waals surface area contributed by atoms with Crippen molar-refractivity contribution in [2.75, 3.05) is 33.3 Å². The van der Waals surface area contributed by atoms with E-state index in [-0.39, 0.29) is 17.8 Å². The van der Waals surface area contributed by atoms with Crippen molar-refractivity contribution in [1.29, 1.82) is 0 Å². The van der Waals surface area contributed by atoms with Crippen LogP contribution in [0, 0.1) is 10.1 Å². The number of nitrogens with one attached hydrogen (secondary N) is 1. The fourth-order valence-electron chi connectivity index (χ4n) is 1.95. The van der Waals surface area contributed by atoms with Crippen molar-refractivity contribution in [2.24, 2.45) is 0 Å². The SMILES string of the molecule is CNCC1CN(C(=O)c2ccc([N+](=O)[O-])o2)CCO1. The number of nitrogens with zero attached hydrogens (tertiary/aromatic N) is 2. The Labute approximate surface area is 109 Å². The summed E-state index contributed by atoms with van der Waals surface area (Å²) in [6.45, 7) is 1.98. The molecular formula is C11H15N3O5. The van der Waals surface area contributed by atoms with Gasteiger partial charge in [-0.3, -0.25) is 14.9 Å². The van der Waals surface area contributed by atoms with Gasteiger partial charge in [-0.15, -0.1) is 0 Å². The fraction of sp³-hybridized carbons (Fsp3) is 0.545. The van der Waals surface area contributed by atoms with Crippen LogP contribution in [0.25, 0.3) is 0 Å². The lowest BCUT2D eigenvalue weighted by Gasteiger charge is -2.32. The molecule has 0 spiro atoms. The van der Waals surface area contributed by atoms with Gasteiger partial charge in [-0.25, -0.2) is 0 Å². The van der Waals surface area contributed by atoms with Crippen LogP contribution >= 0.6 is 0 Å². The van der Waals surface area contributed by atoms with Crippen LogP contribution in [-0.4, -0.2) is 55.1 Å². The molecule has 1 amide bonds. The van der Waals surface area contributed by atoms with Crippen molar-refractivity contribution in [1.82, 2.24) is 10.2 Å². The number of hydrogen-bond acceptors (Lipinski definition) is 6. The molecule has 2 heterocycles. The van der Waals surface area contributed by atoms with Crippen molar-refractivity contribution in [2.45, 2.75) is 6.10 Å². The van der Waals surface area contributed by atoms with E-state index in [1.807, 2.05) is 0 Å². The van der Waals surface area contributed by atoms with Gasteiger partial charge in [0.2, 0.25) is 0 Å². The molecule has 1 aliphatic heterocycles. The minimum Gasteiger partial charge on any atom is -0.395 e. The maximum Gasteiger partial charge on any atom is 0.433 e. The van der Waals surface area contributed by atoms with E-state index in [4.69, 9.17) is 9.15 Å². The number of rotatable bonds is 4. The number of nitro groups is 1. The Balaban J connectivity index is 2.03. The summed E-state index contributed by atoms with van der Waals surface area (Å²) in [6.07, 6.45) is -0.0763. The molecule has 1 saturated heterocycles. The van der Waals surface area contributed by atoms with Crippen molar-refractivity contribution in [3.63, 3.8) is 0 Å². The molecule has 1 fully saturated rings. The second kappa shape index (κ2) is 5.81. The first kappa shape index (κ1) is 13.5. The second-order valence-electron chi connectivity index (χ2n) is 4.20. The highest BCUT2D eigenvalue weighted by Gasteiger charge is 2.27. The van der Waals surface area contributed by atoms with E-state index in [1.54, 1.807) is 11.9 Å². The number of furan rings is 1. The summed E-state index contributed by atoms with van der Waals surface area (Å²) in [4.78, 5) is 23.5. The summed E-state index contributed by atoms with van der Waals surface area (Å²) in [5.41, 5.74) is 0. The monoisotopic (exact) mass is 269 g/mol. The predicted octanol–water partition coefficient (Wildman–Crippen LogP) is 0.248. The zero-order valence-electron chi connectivity index (χ0n) is 10.5. The van der Waals surface area contributed by atoms with E-state index in [0.29, 0.717) is 26.2 Å². The molecule has 1 aliphatic rings. The molecule has 1 atom stereocenters. The van der Waals surface area contributed by atoms with Gasteiger partial charge in [0.1, 0.15) is 4.92 Å². The molecule has 0 bridgehead atoms. The lowest BCUT2D eigenvalue weighted by molar-refractivity contribution is -0.402. The molecular weight excluding hydrogens is 254 g/mol. The molecule has 8 heteroatoms. The van der Waals surface area contributed by atoms with Crippen molar-refractivity contribution < 1.29 is 18.9 Å². The van der Waals surface area contributed by atoms with Gasteiger partial charge in [0.05, 0.1) is 18.8 Å². The first-order valence-electron chi connectivity index (χ1n) is 5.91. The average Bonchev–Trinajstić information content (AvgIpc) is 2.88. The van der Waals surface area contributed by atoms with Crippen molar-refractivity contribution >= 4 is 11.8 Å². The summed E-state index contributed by atoms with van der Waals surface area (Å²) in [7, 11) is 1.81. The zero-order chi connectivity index (χ0) is 13.8. The molecule has 8 nitrogen and oxygen atoms in total.